The van der Waals surface area contributed by atoms with E-state index in [0.29, 0.717) is 0 Å². The summed E-state index contributed by atoms with van der Waals surface area (Å²) in [5.41, 5.74) is 2.10. The number of benzene rings is 1. The van der Waals surface area contributed by atoms with Gasteiger partial charge in [0, 0.05) is 10.7 Å². The van der Waals surface area contributed by atoms with Gasteiger partial charge < -0.3 is 0 Å². The summed E-state index contributed by atoms with van der Waals surface area (Å²) in [7, 11) is 0. The summed E-state index contributed by atoms with van der Waals surface area (Å²) in [5, 5.41) is 5.17. The first-order valence-electron chi connectivity index (χ1n) is 5.21. The number of hydrogen-bond acceptors (Lipinski definition) is 3. The first kappa shape index (κ1) is 11.1. The van der Waals surface area contributed by atoms with Gasteiger partial charge in [-0.1, -0.05) is 46.8 Å². The normalized spacial score (nSPS) is 10.4. The molecule has 0 aliphatic rings. The third-order valence-corrected chi connectivity index (χ3v) is 2.82. The van der Waals surface area contributed by atoms with Crippen LogP contribution in [0.15, 0.2) is 41.7 Å². The molecule has 16 heavy (non-hydrogen) atoms. The lowest BCUT2D eigenvalue weighted by molar-refractivity contribution is -0.754. The van der Waals surface area contributed by atoms with Gasteiger partial charge in [0.2, 0.25) is 6.20 Å². The van der Waals surface area contributed by atoms with Crippen LogP contribution in [0.3, 0.4) is 0 Å². The zero-order valence-electron chi connectivity index (χ0n) is 9.42. The molecule has 0 amide bonds. The smallest absolute Gasteiger partial charge is 0.211 e. The van der Waals surface area contributed by atoms with E-state index in [1.807, 2.05) is 35.3 Å². The van der Waals surface area contributed by atoms with Gasteiger partial charge in [-0.3, -0.25) is 0 Å². The quantitative estimate of drug-likeness (QED) is 0.600. The number of nitrogens with zero attached hydrogens (tertiary/aromatic N) is 3. The second-order valence-electron chi connectivity index (χ2n) is 3.33. The van der Waals surface area contributed by atoms with E-state index >= 15 is 0 Å². The van der Waals surface area contributed by atoms with E-state index in [2.05, 4.69) is 29.1 Å². The summed E-state index contributed by atoms with van der Waals surface area (Å²) < 4.78 is 1.92. The fourth-order valence-corrected chi connectivity index (χ4v) is 1.81. The van der Waals surface area contributed by atoms with E-state index < -0.39 is 0 Å². The summed E-state index contributed by atoms with van der Waals surface area (Å²) in [5.74, 6) is 0. The van der Waals surface area contributed by atoms with Gasteiger partial charge in [0.15, 0.2) is 6.54 Å². The lowest BCUT2D eigenvalue weighted by atomic mass is 10.2. The van der Waals surface area contributed by atoms with E-state index in [1.54, 1.807) is 11.8 Å². The second kappa shape index (κ2) is 5.07. The van der Waals surface area contributed by atoms with Crippen molar-refractivity contribution in [3.63, 3.8) is 0 Å². The van der Waals surface area contributed by atoms with Gasteiger partial charge in [0.1, 0.15) is 5.69 Å². The average molecular weight is 232 g/mol. The molecule has 2 aromatic rings. The molecule has 0 radical (unpaired) electrons. The molecule has 0 bridgehead atoms. The molecule has 4 heteroatoms. The number of thioether (sulfide) groups is 1. The first-order chi connectivity index (χ1) is 7.83. The fraction of sp³-hybridized carbons (Fsp3) is 0.250. The van der Waals surface area contributed by atoms with Crippen molar-refractivity contribution in [3.8, 4) is 11.3 Å². The summed E-state index contributed by atoms with van der Waals surface area (Å²) in [6.45, 7) is 2.93. The first-order valence-corrected chi connectivity index (χ1v) is 6.44. The Morgan fingerprint density at radius 1 is 1.25 bits per heavy atom. The Morgan fingerprint density at radius 2 is 2.00 bits per heavy atom. The average Bonchev–Trinajstić information content (AvgIpc) is 2.39. The second-order valence-corrected chi connectivity index (χ2v) is 4.11. The van der Waals surface area contributed by atoms with Crippen LogP contribution in [0.4, 0.5) is 0 Å². The number of hydrogen-bond donors (Lipinski definition) is 0. The zero-order valence-corrected chi connectivity index (χ0v) is 10.2. The molecular weight excluding hydrogens is 218 g/mol. The van der Waals surface area contributed by atoms with Crippen LogP contribution in [-0.2, 0) is 6.54 Å². The topological polar surface area (TPSA) is 29.7 Å². The van der Waals surface area contributed by atoms with Crippen LogP contribution in [0.1, 0.15) is 6.92 Å². The van der Waals surface area contributed by atoms with Crippen molar-refractivity contribution in [3.05, 3.63) is 36.5 Å². The minimum atomic E-state index is 0.809. The van der Waals surface area contributed by atoms with Crippen LogP contribution in [0.2, 0.25) is 0 Å². The minimum Gasteiger partial charge on any atom is -0.211 e. The van der Waals surface area contributed by atoms with E-state index in [9.17, 15) is 0 Å². The molecule has 2 rings (SSSR count). The van der Waals surface area contributed by atoms with Gasteiger partial charge in [-0.2, -0.15) is 0 Å². The van der Waals surface area contributed by atoms with Gasteiger partial charge in [-0.25, -0.2) is 4.98 Å². The van der Waals surface area contributed by atoms with Crippen molar-refractivity contribution < 1.29 is 4.68 Å². The molecule has 1 aromatic heterocycles. The summed E-state index contributed by atoms with van der Waals surface area (Å²) in [6, 6.07) is 10.2. The molecule has 0 fully saturated rings. The molecule has 3 nitrogen and oxygen atoms in total. The monoisotopic (exact) mass is 232 g/mol. The van der Waals surface area contributed by atoms with Crippen LogP contribution >= 0.6 is 11.8 Å². The Balaban J connectivity index is 2.48. The minimum absolute atomic E-state index is 0.809. The highest BCUT2D eigenvalue weighted by molar-refractivity contribution is 7.98. The van der Waals surface area contributed by atoms with Gasteiger partial charge in [0.25, 0.3) is 5.16 Å². The Labute approximate surface area is 99.5 Å². The van der Waals surface area contributed by atoms with Crippen molar-refractivity contribution in [2.75, 3.05) is 6.26 Å². The molecule has 0 saturated heterocycles. The summed E-state index contributed by atoms with van der Waals surface area (Å²) >= 11 is 1.56. The molecule has 0 aliphatic carbocycles. The standard InChI is InChI=1S/C12H14N3S/c1-3-15-9-11(13-12(14-15)16-2)10-7-5-4-6-8-10/h4-9H,3H2,1-2H3/q+1. The molecule has 0 saturated carbocycles. The largest absolute Gasteiger partial charge is 0.254 e. The van der Waals surface area contributed by atoms with Crippen molar-refractivity contribution >= 4 is 11.8 Å². The number of rotatable bonds is 3. The van der Waals surface area contributed by atoms with Crippen LogP contribution in [0, 0.1) is 0 Å². The van der Waals surface area contributed by atoms with E-state index in [1.165, 1.54) is 0 Å². The lowest BCUT2D eigenvalue weighted by Crippen LogP contribution is -2.37. The highest BCUT2D eigenvalue weighted by Gasteiger charge is 2.10. The molecule has 0 aliphatic heterocycles. The SMILES string of the molecule is CC[n+]1cc(-c2ccccc2)nc(SC)n1. The van der Waals surface area contributed by atoms with Crippen molar-refractivity contribution in [2.45, 2.75) is 18.6 Å². The molecule has 0 unspecified atom stereocenters. The molecule has 1 heterocycles. The summed E-state index contributed by atoms with van der Waals surface area (Å²) in [4.78, 5) is 4.50. The van der Waals surface area contributed by atoms with Gasteiger partial charge >= 0.3 is 0 Å². The Hall–Kier alpha value is -1.42. The highest BCUT2D eigenvalue weighted by Crippen LogP contribution is 2.16. The van der Waals surface area contributed by atoms with E-state index in [-0.39, 0.29) is 0 Å². The van der Waals surface area contributed by atoms with Gasteiger partial charge in [-0.15, -0.1) is 0 Å². The van der Waals surface area contributed by atoms with Crippen LogP contribution in [0.5, 0.6) is 0 Å². The Morgan fingerprint density at radius 3 is 2.62 bits per heavy atom. The highest BCUT2D eigenvalue weighted by atomic mass is 32.2. The number of aryl methyl sites for hydroxylation is 1. The van der Waals surface area contributed by atoms with Crippen molar-refractivity contribution in [1.29, 1.82) is 0 Å². The molecule has 0 atom stereocenters. The Bertz CT molecular complexity index is 449. The maximum atomic E-state index is 4.50. The number of aromatic nitrogens is 3. The zero-order chi connectivity index (χ0) is 11.4. The van der Waals surface area contributed by atoms with E-state index in [4.69, 9.17) is 0 Å². The fourth-order valence-electron chi connectivity index (χ4n) is 1.43. The van der Waals surface area contributed by atoms with Crippen molar-refractivity contribution in [1.82, 2.24) is 10.1 Å². The maximum Gasteiger partial charge on any atom is 0.254 e. The van der Waals surface area contributed by atoms with Crippen LogP contribution < -0.4 is 4.68 Å². The van der Waals surface area contributed by atoms with Crippen LogP contribution in [0.25, 0.3) is 11.3 Å². The molecule has 0 spiro atoms. The maximum absolute atomic E-state index is 4.50. The third kappa shape index (κ3) is 2.39. The Kier molecular flexibility index (Phi) is 3.51. The van der Waals surface area contributed by atoms with Gasteiger partial charge in [-0.05, 0) is 13.2 Å². The lowest BCUT2D eigenvalue weighted by Gasteiger charge is -2.00. The molecule has 1 aromatic carbocycles. The van der Waals surface area contributed by atoms with E-state index in [0.717, 1.165) is 23.0 Å². The molecular formula is C12H14N3S+. The molecule has 0 N–H and O–H groups in total. The third-order valence-electron chi connectivity index (χ3n) is 2.28. The van der Waals surface area contributed by atoms with Crippen molar-refractivity contribution in [2.24, 2.45) is 0 Å². The predicted octanol–water partition coefficient (Wildman–Crippen LogP) is 2.17. The summed E-state index contributed by atoms with van der Waals surface area (Å²) in [6.07, 6.45) is 3.97. The van der Waals surface area contributed by atoms with Gasteiger partial charge in [0.05, 0.1) is 0 Å². The van der Waals surface area contributed by atoms with Crippen LogP contribution in [-0.4, -0.2) is 16.3 Å². The molecule has 82 valence electrons. The predicted molar refractivity (Wildman–Crippen MR) is 65.1 cm³/mol.